The van der Waals surface area contributed by atoms with Gasteiger partial charge in [-0.1, -0.05) is 6.07 Å². The minimum Gasteiger partial charge on any atom is -0.497 e. The van der Waals surface area contributed by atoms with Crippen LogP contribution in [0.3, 0.4) is 0 Å². The van der Waals surface area contributed by atoms with Crippen LogP contribution in [0.1, 0.15) is 12.2 Å². The minimum absolute atomic E-state index is 0.0251. The second kappa shape index (κ2) is 9.02. The molecule has 170 valence electrons. The molecule has 3 heterocycles. The molecule has 2 saturated heterocycles. The normalized spacial score (nSPS) is 18.8. The number of benzene rings is 1. The van der Waals surface area contributed by atoms with Gasteiger partial charge < -0.3 is 24.3 Å². The Morgan fingerprint density at radius 1 is 1.12 bits per heavy atom. The number of methoxy groups -OCH3 is 1. The summed E-state index contributed by atoms with van der Waals surface area (Å²) in [6.07, 6.45) is 0.244. The van der Waals surface area contributed by atoms with Crippen molar-refractivity contribution in [3.63, 3.8) is 0 Å². The van der Waals surface area contributed by atoms with Gasteiger partial charge in [0.2, 0.25) is 11.8 Å². The third-order valence-electron chi connectivity index (χ3n) is 6.02. The Morgan fingerprint density at radius 2 is 1.88 bits per heavy atom. The highest BCUT2D eigenvalue weighted by molar-refractivity contribution is 6.00. The first-order chi connectivity index (χ1) is 15.4. The van der Waals surface area contributed by atoms with Gasteiger partial charge in [0.25, 0.3) is 0 Å². The van der Waals surface area contributed by atoms with E-state index in [-0.39, 0.29) is 24.2 Å². The minimum atomic E-state index is -0.318. The van der Waals surface area contributed by atoms with Crippen LogP contribution in [-0.2, 0) is 9.59 Å². The zero-order valence-corrected chi connectivity index (χ0v) is 19.1. The van der Waals surface area contributed by atoms with Crippen LogP contribution in [0.15, 0.2) is 30.3 Å². The molecule has 4 rings (SSSR count). The van der Waals surface area contributed by atoms with Gasteiger partial charge in [0.15, 0.2) is 0 Å². The largest absolute Gasteiger partial charge is 0.497 e. The molecule has 1 unspecified atom stereocenters. The molecular weight excluding hydrogens is 408 g/mol. The second-order valence-electron chi connectivity index (χ2n) is 8.45. The van der Waals surface area contributed by atoms with Crippen LogP contribution in [0.5, 0.6) is 5.75 Å². The first-order valence-corrected chi connectivity index (χ1v) is 10.9. The van der Waals surface area contributed by atoms with Crippen molar-refractivity contribution in [3.05, 3.63) is 36.2 Å². The lowest BCUT2D eigenvalue weighted by atomic mass is 10.1. The fourth-order valence-corrected chi connectivity index (χ4v) is 4.24. The maximum Gasteiger partial charge on any atom is 0.228 e. The monoisotopic (exact) mass is 438 g/mol. The number of piperazine rings is 1. The number of anilines is 3. The van der Waals surface area contributed by atoms with Crippen LogP contribution in [0.2, 0.25) is 0 Å². The van der Waals surface area contributed by atoms with E-state index >= 15 is 0 Å². The zero-order valence-electron chi connectivity index (χ0n) is 19.1. The smallest absolute Gasteiger partial charge is 0.228 e. The zero-order chi connectivity index (χ0) is 22.8. The van der Waals surface area contributed by atoms with Crippen molar-refractivity contribution in [2.45, 2.75) is 13.3 Å². The highest BCUT2D eigenvalue weighted by Crippen LogP contribution is 2.29. The molecular formula is C23H30N6O3. The van der Waals surface area contributed by atoms with Gasteiger partial charge in [0, 0.05) is 71.1 Å². The van der Waals surface area contributed by atoms with Crippen molar-refractivity contribution < 1.29 is 14.3 Å². The Labute approximate surface area is 188 Å². The summed E-state index contributed by atoms with van der Waals surface area (Å²) in [4.78, 5) is 42.5. The number of rotatable bonds is 5. The van der Waals surface area contributed by atoms with E-state index in [1.807, 2.05) is 61.2 Å². The summed E-state index contributed by atoms with van der Waals surface area (Å²) < 4.78 is 5.26. The van der Waals surface area contributed by atoms with Gasteiger partial charge in [0.1, 0.15) is 23.2 Å². The van der Waals surface area contributed by atoms with E-state index in [0.717, 1.165) is 23.1 Å². The van der Waals surface area contributed by atoms with E-state index in [4.69, 9.17) is 4.74 Å². The maximum absolute atomic E-state index is 13.2. The SMILES string of the molecule is COc1cccc(N2CC(C(=O)N3CCN(c4cc(N(C)C)nc(C)n4)CC3)CC2=O)c1. The Kier molecular flexibility index (Phi) is 6.16. The van der Waals surface area contributed by atoms with Gasteiger partial charge in [0.05, 0.1) is 13.0 Å². The van der Waals surface area contributed by atoms with E-state index in [9.17, 15) is 9.59 Å². The van der Waals surface area contributed by atoms with E-state index in [1.54, 1.807) is 12.0 Å². The standard InChI is InChI=1S/C23H30N6O3/c1-16-24-20(26(2)3)14-21(25-16)27-8-10-28(11-9-27)23(31)17-12-22(30)29(15-17)18-6-5-7-19(13-18)32-4/h5-7,13-14,17H,8-12,15H2,1-4H3. The lowest BCUT2D eigenvalue weighted by Gasteiger charge is -2.36. The third kappa shape index (κ3) is 4.46. The number of ether oxygens (including phenoxy) is 1. The molecule has 9 nitrogen and oxygen atoms in total. The highest BCUT2D eigenvalue weighted by atomic mass is 16.5. The van der Waals surface area contributed by atoms with Crippen molar-refractivity contribution in [2.24, 2.45) is 5.92 Å². The number of hydrogen-bond donors (Lipinski definition) is 0. The van der Waals surface area contributed by atoms with Gasteiger partial charge in [-0.2, -0.15) is 0 Å². The number of aryl methyl sites for hydroxylation is 1. The molecule has 32 heavy (non-hydrogen) atoms. The predicted molar refractivity (Wildman–Crippen MR) is 123 cm³/mol. The summed E-state index contributed by atoms with van der Waals surface area (Å²) in [6.45, 7) is 4.93. The number of carbonyl (C=O) groups excluding carboxylic acids is 2. The van der Waals surface area contributed by atoms with E-state index < -0.39 is 0 Å². The molecule has 1 aromatic carbocycles. The molecule has 2 aromatic rings. The summed E-state index contributed by atoms with van der Waals surface area (Å²) in [7, 11) is 5.51. The quantitative estimate of drug-likeness (QED) is 0.701. The summed E-state index contributed by atoms with van der Waals surface area (Å²) in [5.74, 6) is 2.88. The summed E-state index contributed by atoms with van der Waals surface area (Å²) in [5, 5.41) is 0. The average molecular weight is 439 g/mol. The van der Waals surface area contributed by atoms with Crippen LogP contribution in [0.4, 0.5) is 17.3 Å². The molecule has 2 aliphatic rings. The first kappa shape index (κ1) is 21.9. The van der Waals surface area contributed by atoms with Gasteiger partial charge in [-0.15, -0.1) is 0 Å². The van der Waals surface area contributed by atoms with E-state index in [1.165, 1.54) is 0 Å². The Hall–Kier alpha value is -3.36. The van der Waals surface area contributed by atoms with Crippen molar-refractivity contribution in [3.8, 4) is 5.75 Å². The second-order valence-corrected chi connectivity index (χ2v) is 8.45. The number of carbonyl (C=O) groups is 2. The van der Waals surface area contributed by atoms with Gasteiger partial charge in [-0.05, 0) is 19.1 Å². The molecule has 0 radical (unpaired) electrons. The molecule has 0 N–H and O–H groups in total. The number of aromatic nitrogens is 2. The molecule has 2 aliphatic heterocycles. The summed E-state index contributed by atoms with van der Waals surface area (Å²) in [5.41, 5.74) is 0.769. The van der Waals surface area contributed by atoms with Gasteiger partial charge in [-0.3, -0.25) is 9.59 Å². The maximum atomic E-state index is 13.2. The third-order valence-corrected chi connectivity index (χ3v) is 6.02. The lowest BCUT2D eigenvalue weighted by Crippen LogP contribution is -2.51. The molecule has 0 saturated carbocycles. The van der Waals surface area contributed by atoms with E-state index in [0.29, 0.717) is 38.5 Å². The first-order valence-electron chi connectivity index (χ1n) is 10.9. The summed E-state index contributed by atoms with van der Waals surface area (Å²) in [6, 6.07) is 9.37. The fourth-order valence-electron chi connectivity index (χ4n) is 4.24. The molecule has 1 aromatic heterocycles. The van der Waals surface area contributed by atoms with Crippen LogP contribution >= 0.6 is 0 Å². The highest BCUT2D eigenvalue weighted by Gasteiger charge is 2.38. The lowest BCUT2D eigenvalue weighted by molar-refractivity contribution is -0.136. The molecule has 2 fully saturated rings. The van der Waals surface area contributed by atoms with Crippen LogP contribution < -0.4 is 19.4 Å². The Bertz CT molecular complexity index is 1000. The molecule has 2 amide bonds. The molecule has 9 heteroatoms. The van der Waals surface area contributed by atoms with Gasteiger partial charge in [-0.25, -0.2) is 9.97 Å². The average Bonchev–Trinajstić information content (AvgIpc) is 3.20. The van der Waals surface area contributed by atoms with Crippen molar-refractivity contribution in [1.82, 2.24) is 14.9 Å². The number of amides is 2. The number of nitrogens with zero attached hydrogens (tertiary/aromatic N) is 6. The molecule has 0 aliphatic carbocycles. The van der Waals surface area contributed by atoms with Crippen molar-refractivity contribution >= 4 is 29.1 Å². The fraction of sp³-hybridized carbons (Fsp3) is 0.478. The molecule has 0 bridgehead atoms. The van der Waals surface area contributed by atoms with Crippen LogP contribution in [0.25, 0.3) is 0 Å². The summed E-state index contributed by atoms with van der Waals surface area (Å²) >= 11 is 0. The topological polar surface area (TPSA) is 82.1 Å². The Balaban J connectivity index is 1.38. The van der Waals surface area contributed by atoms with E-state index in [2.05, 4.69) is 14.9 Å². The predicted octanol–water partition coefficient (Wildman–Crippen LogP) is 1.56. The van der Waals surface area contributed by atoms with Crippen LogP contribution in [0, 0.1) is 12.8 Å². The number of hydrogen-bond acceptors (Lipinski definition) is 7. The molecule has 0 spiro atoms. The van der Waals surface area contributed by atoms with Crippen LogP contribution in [-0.4, -0.2) is 80.6 Å². The molecule has 1 atom stereocenters. The Morgan fingerprint density at radius 3 is 2.56 bits per heavy atom. The van der Waals surface area contributed by atoms with Crippen molar-refractivity contribution in [1.29, 1.82) is 0 Å². The van der Waals surface area contributed by atoms with Gasteiger partial charge >= 0.3 is 0 Å². The van der Waals surface area contributed by atoms with Crippen molar-refractivity contribution in [2.75, 3.05) is 68.6 Å².